The minimum Gasteiger partial charge on any atom is -0.350 e. The van der Waals surface area contributed by atoms with E-state index >= 15 is 0 Å². The third-order valence-corrected chi connectivity index (χ3v) is 3.38. The highest BCUT2D eigenvalue weighted by Gasteiger charge is 2.19. The van der Waals surface area contributed by atoms with Crippen molar-refractivity contribution in [2.75, 3.05) is 0 Å². The molecular weight excluding hydrogens is 206 g/mol. The van der Waals surface area contributed by atoms with Gasteiger partial charge in [0.2, 0.25) is 0 Å². The van der Waals surface area contributed by atoms with Crippen molar-refractivity contribution in [3.8, 4) is 0 Å². The Morgan fingerprint density at radius 2 is 1.82 bits per heavy atom. The molecule has 1 heterocycles. The van der Waals surface area contributed by atoms with E-state index in [9.17, 15) is 0 Å². The number of benzene rings is 1. The average Bonchev–Trinajstić information content (AvgIpc) is 2.55. The number of aromatic nitrogens is 1. The molecule has 0 aliphatic carbocycles. The molecule has 1 heteroatoms. The van der Waals surface area contributed by atoms with E-state index in [1.165, 1.54) is 22.9 Å². The number of nitrogens with zero attached hydrogens (tertiary/aromatic N) is 1. The highest BCUT2D eigenvalue weighted by molar-refractivity contribution is 5.84. The van der Waals surface area contributed by atoms with Crippen LogP contribution in [-0.4, -0.2) is 4.57 Å². The van der Waals surface area contributed by atoms with Crippen molar-refractivity contribution >= 4 is 10.9 Å². The maximum absolute atomic E-state index is 2.34. The van der Waals surface area contributed by atoms with Crippen molar-refractivity contribution in [2.45, 2.75) is 40.0 Å². The van der Waals surface area contributed by atoms with Gasteiger partial charge in [0, 0.05) is 24.1 Å². The summed E-state index contributed by atoms with van der Waals surface area (Å²) in [5, 5.41) is 1.41. The molecule has 0 aliphatic rings. The second kappa shape index (κ2) is 4.21. The van der Waals surface area contributed by atoms with Crippen LogP contribution in [0.15, 0.2) is 30.5 Å². The lowest BCUT2D eigenvalue weighted by molar-refractivity contribution is 0.349. The number of hydrogen-bond donors (Lipinski definition) is 0. The maximum atomic E-state index is 2.34. The number of para-hydroxylation sites is 1. The fourth-order valence-corrected chi connectivity index (χ4v) is 2.79. The molecule has 0 N–H and O–H groups in total. The Kier molecular flexibility index (Phi) is 3.03. The lowest BCUT2D eigenvalue weighted by atomic mass is 9.82. The summed E-state index contributed by atoms with van der Waals surface area (Å²) in [4.78, 5) is 0. The van der Waals surface area contributed by atoms with Gasteiger partial charge >= 0.3 is 0 Å². The Hall–Kier alpha value is -1.24. The summed E-state index contributed by atoms with van der Waals surface area (Å²) in [6, 6.07) is 8.68. The summed E-state index contributed by atoms with van der Waals surface area (Å²) in [7, 11) is 2.13. The molecule has 2 rings (SSSR count). The first-order valence-corrected chi connectivity index (χ1v) is 6.42. The topological polar surface area (TPSA) is 4.93 Å². The molecule has 92 valence electrons. The summed E-state index contributed by atoms with van der Waals surface area (Å²) >= 11 is 0. The Morgan fingerprint density at radius 1 is 1.18 bits per heavy atom. The zero-order chi connectivity index (χ0) is 12.6. The van der Waals surface area contributed by atoms with Gasteiger partial charge in [-0.2, -0.15) is 0 Å². The SMILES string of the molecule is CC(CC(C)(C)C)c1cn(C)c2ccccc12. The van der Waals surface area contributed by atoms with Crippen LogP contribution in [0.1, 0.15) is 45.6 Å². The van der Waals surface area contributed by atoms with Crippen molar-refractivity contribution in [1.82, 2.24) is 4.57 Å². The van der Waals surface area contributed by atoms with Crippen molar-refractivity contribution in [3.05, 3.63) is 36.0 Å². The van der Waals surface area contributed by atoms with Gasteiger partial charge in [-0.1, -0.05) is 45.9 Å². The van der Waals surface area contributed by atoms with Crippen LogP contribution in [0.3, 0.4) is 0 Å². The number of fused-ring (bicyclic) bond motifs is 1. The molecule has 1 aromatic heterocycles. The zero-order valence-corrected chi connectivity index (χ0v) is 11.6. The van der Waals surface area contributed by atoms with Crippen molar-refractivity contribution in [3.63, 3.8) is 0 Å². The molecule has 1 nitrogen and oxygen atoms in total. The average molecular weight is 229 g/mol. The van der Waals surface area contributed by atoms with Crippen LogP contribution in [0.4, 0.5) is 0 Å². The predicted molar refractivity (Wildman–Crippen MR) is 75.4 cm³/mol. The second-order valence-corrected chi connectivity index (χ2v) is 6.38. The van der Waals surface area contributed by atoms with E-state index in [0.717, 1.165) is 0 Å². The van der Waals surface area contributed by atoms with Gasteiger partial charge in [-0.05, 0) is 29.4 Å². The molecule has 1 atom stereocenters. The summed E-state index contributed by atoms with van der Waals surface area (Å²) in [6.45, 7) is 9.28. The Balaban J connectivity index is 2.42. The van der Waals surface area contributed by atoms with Crippen LogP contribution >= 0.6 is 0 Å². The van der Waals surface area contributed by atoms with Crippen molar-refractivity contribution in [1.29, 1.82) is 0 Å². The molecule has 0 amide bonds. The standard InChI is InChI=1S/C16H23N/c1-12(10-16(2,3)4)14-11-17(5)15-9-7-6-8-13(14)15/h6-9,11-12H,10H2,1-5H3. The summed E-state index contributed by atoms with van der Waals surface area (Å²) in [6.07, 6.45) is 3.52. The van der Waals surface area contributed by atoms with Crippen LogP contribution in [-0.2, 0) is 7.05 Å². The molecule has 0 spiro atoms. The van der Waals surface area contributed by atoms with E-state index in [2.05, 4.69) is 69.8 Å². The highest BCUT2D eigenvalue weighted by atomic mass is 14.9. The first-order valence-electron chi connectivity index (χ1n) is 6.42. The van der Waals surface area contributed by atoms with Gasteiger partial charge < -0.3 is 4.57 Å². The molecule has 0 radical (unpaired) electrons. The molecule has 0 saturated carbocycles. The van der Waals surface area contributed by atoms with Crippen molar-refractivity contribution < 1.29 is 0 Å². The Morgan fingerprint density at radius 3 is 2.47 bits per heavy atom. The Bertz CT molecular complexity index is 514. The van der Waals surface area contributed by atoms with Crippen LogP contribution < -0.4 is 0 Å². The van der Waals surface area contributed by atoms with Gasteiger partial charge in [0.25, 0.3) is 0 Å². The molecule has 1 aromatic carbocycles. The van der Waals surface area contributed by atoms with E-state index in [-0.39, 0.29) is 0 Å². The first-order chi connectivity index (χ1) is 7.88. The van der Waals surface area contributed by atoms with Gasteiger partial charge in [0.1, 0.15) is 0 Å². The van der Waals surface area contributed by atoms with E-state index < -0.39 is 0 Å². The van der Waals surface area contributed by atoms with Gasteiger partial charge in [-0.3, -0.25) is 0 Å². The third-order valence-electron chi connectivity index (χ3n) is 3.38. The zero-order valence-electron chi connectivity index (χ0n) is 11.6. The van der Waals surface area contributed by atoms with Crippen molar-refractivity contribution in [2.24, 2.45) is 12.5 Å². The van der Waals surface area contributed by atoms with Crippen LogP contribution in [0.25, 0.3) is 10.9 Å². The van der Waals surface area contributed by atoms with E-state index in [4.69, 9.17) is 0 Å². The molecule has 1 unspecified atom stereocenters. The quantitative estimate of drug-likeness (QED) is 0.702. The van der Waals surface area contributed by atoms with Gasteiger partial charge in [0.05, 0.1) is 0 Å². The molecule has 2 aromatic rings. The minimum atomic E-state index is 0.385. The van der Waals surface area contributed by atoms with Gasteiger partial charge in [-0.25, -0.2) is 0 Å². The molecule has 17 heavy (non-hydrogen) atoms. The fourth-order valence-electron chi connectivity index (χ4n) is 2.79. The van der Waals surface area contributed by atoms with E-state index in [0.29, 0.717) is 11.3 Å². The largest absolute Gasteiger partial charge is 0.350 e. The Labute approximate surface area is 104 Å². The second-order valence-electron chi connectivity index (χ2n) is 6.38. The molecule has 0 bridgehead atoms. The van der Waals surface area contributed by atoms with Crippen LogP contribution in [0.2, 0.25) is 0 Å². The van der Waals surface area contributed by atoms with Gasteiger partial charge in [-0.15, -0.1) is 0 Å². The monoisotopic (exact) mass is 229 g/mol. The minimum absolute atomic E-state index is 0.385. The number of rotatable bonds is 2. The maximum Gasteiger partial charge on any atom is 0.0480 e. The van der Waals surface area contributed by atoms with Crippen LogP contribution in [0, 0.1) is 5.41 Å². The number of aryl methyl sites for hydroxylation is 1. The van der Waals surface area contributed by atoms with Gasteiger partial charge in [0.15, 0.2) is 0 Å². The lowest BCUT2D eigenvalue weighted by Crippen LogP contribution is -2.09. The fraction of sp³-hybridized carbons (Fsp3) is 0.500. The van der Waals surface area contributed by atoms with E-state index in [1.54, 1.807) is 0 Å². The normalized spacial score (nSPS) is 14.2. The summed E-state index contributed by atoms with van der Waals surface area (Å²) < 4.78 is 2.24. The molecule has 0 aliphatic heterocycles. The molecule has 0 saturated heterocycles. The highest BCUT2D eigenvalue weighted by Crippen LogP contribution is 2.34. The number of hydrogen-bond acceptors (Lipinski definition) is 0. The summed E-state index contributed by atoms with van der Waals surface area (Å²) in [5.41, 5.74) is 3.21. The molecular formula is C16H23N. The van der Waals surface area contributed by atoms with E-state index in [1.807, 2.05) is 0 Å². The lowest BCUT2D eigenvalue weighted by Gasteiger charge is -2.23. The molecule has 0 fully saturated rings. The third kappa shape index (κ3) is 2.54. The van der Waals surface area contributed by atoms with Crippen LogP contribution in [0.5, 0.6) is 0 Å². The smallest absolute Gasteiger partial charge is 0.0480 e. The summed E-state index contributed by atoms with van der Waals surface area (Å²) in [5.74, 6) is 0.612. The first kappa shape index (κ1) is 12.2. The predicted octanol–water partition coefficient (Wildman–Crippen LogP) is 4.72.